The largest absolute Gasteiger partial charge is 0.496 e. The van der Waals surface area contributed by atoms with Gasteiger partial charge in [0.15, 0.2) is 0 Å². The van der Waals surface area contributed by atoms with Crippen LogP contribution in [0.3, 0.4) is 0 Å². The fourth-order valence-electron chi connectivity index (χ4n) is 1.47. The third kappa shape index (κ3) is 2.61. The maximum Gasteiger partial charge on any atom is 0.267 e. The first-order valence-corrected chi connectivity index (χ1v) is 4.77. The molecule has 5 heteroatoms. The minimum Gasteiger partial charge on any atom is -0.496 e. The van der Waals surface area contributed by atoms with Gasteiger partial charge in [0.05, 0.1) is 19.8 Å². The summed E-state index contributed by atoms with van der Waals surface area (Å²) in [5, 5.41) is 8.84. The summed E-state index contributed by atoms with van der Waals surface area (Å²) in [6.07, 6.45) is -2.28. The van der Waals surface area contributed by atoms with Gasteiger partial charge in [-0.05, 0) is 18.6 Å². The maximum atomic E-state index is 12.7. The molecule has 0 radical (unpaired) electrons. The molecule has 0 amide bonds. The highest BCUT2D eigenvalue weighted by Crippen LogP contribution is 2.35. The number of benzene rings is 1. The molecule has 0 heterocycles. The van der Waals surface area contributed by atoms with Crippen LogP contribution in [-0.2, 0) is 6.42 Å². The Bertz CT molecular complexity index is 353. The van der Waals surface area contributed by atoms with E-state index in [2.05, 4.69) is 0 Å². The number of rotatable bonds is 5. The summed E-state index contributed by atoms with van der Waals surface area (Å²) >= 11 is 0. The molecule has 0 aliphatic heterocycles. The highest BCUT2D eigenvalue weighted by Gasteiger charge is 2.17. The molecule has 1 N–H and O–H groups in total. The third-order valence-electron chi connectivity index (χ3n) is 2.25. The van der Waals surface area contributed by atoms with Crippen molar-refractivity contribution in [3.05, 3.63) is 23.3 Å². The number of hydrogen-bond donors (Lipinski definition) is 1. The Morgan fingerprint density at radius 3 is 2.25 bits per heavy atom. The molecule has 90 valence electrons. The number of aliphatic hydroxyl groups is 1. The van der Waals surface area contributed by atoms with Crippen molar-refractivity contribution in [2.24, 2.45) is 0 Å². The molecule has 0 saturated carbocycles. The van der Waals surface area contributed by atoms with E-state index in [1.54, 1.807) is 0 Å². The van der Waals surface area contributed by atoms with Crippen molar-refractivity contribution in [1.82, 2.24) is 0 Å². The normalized spacial score (nSPS) is 10.6. The molecule has 0 atom stereocenters. The Hall–Kier alpha value is -1.36. The van der Waals surface area contributed by atoms with Crippen molar-refractivity contribution in [2.75, 3.05) is 20.8 Å². The van der Waals surface area contributed by atoms with Crippen LogP contribution in [0, 0.1) is 0 Å². The molecule has 0 aromatic heterocycles. The first-order chi connectivity index (χ1) is 7.63. The van der Waals surface area contributed by atoms with Gasteiger partial charge >= 0.3 is 0 Å². The number of ether oxygens (including phenoxy) is 2. The monoisotopic (exact) mass is 232 g/mol. The molecule has 0 fully saturated rings. The second kappa shape index (κ2) is 5.65. The van der Waals surface area contributed by atoms with Crippen LogP contribution >= 0.6 is 0 Å². The van der Waals surface area contributed by atoms with Crippen molar-refractivity contribution in [2.45, 2.75) is 12.8 Å². The topological polar surface area (TPSA) is 38.7 Å². The zero-order chi connectivity index (χ0) is 12.1. The molecule has 16 heavy (non-hydrogen) atoms. The van der Waals surface area contributed by atoms with Gasteiger partial charge in [0, 0.05) is 12.2 Å². The van der Waals surface area contributed by atoms with Gasteiger partial charge in [-0.15, -0.1) is 0 Å². The maximum absolute atomic E-state index is 12.7. The average molecular weight is 232 g/mol. The van der Waals surface area contributed by atoms with Crippen LogP contribution in [0.25, 0.3) is 0 Å². The van der Waals surface area contributed by atoms with E-state index < -0.39 is 6.43 Å². The molecule has 0 saturated heterocycles. The van der Waals surface area contributed by atoms with Crippen LogP contribution in [0.4, 0.5) is 8.78 Å². The Morgan fingerprint density at radius 2 is 1.81 bits per heavy atom. The quantitative estimate of drug-likeness (QED) is 0.845. The Kier molecular flexibility index (Phi) is 4.49. The van der Waals surface area contributed by atoms with Crippen LogP contribution in [0.1, 0.15) is 17.6 Å². The van der Waals surface area contributed by atoms with E-state index in [9.17, 15) is 8.78 Å². The lowest BCUT2D eigenvalue weighted by molar-refractivity contribution is 0.146. The Morgan fingerprint density at radius 1 is 1.19 bits per heavy atom. The summed E-state index contributed by atoms with van der Waals surface area (Å²) in [7, 11) is 2.73. The molecule has 0 aliphatic rings. The molecule has 1 aromatic rings. The molecule has 0 aliphatic carbocycles. The van der Waals surface area contributed by atoms with E-state index in [0.29, 0.717) is 17.7 Å². The van der Waals surface area contributed by atoms with E-state index in [0.717, 1.165) is 0 Å². The third-order valence-corrected chi connectivity index (χ3v) is 2.25. The predicted octanol–water partition coefficient (Wildman–Crippen LogP) is 2.18. The minimum absolute atomic E-state index is 0.0759. The number of halogens is 2. The molecule has 1 aromatic carbocycles. The van der Waals surface area contributed by atoms with Gasteiger partial charge in [-0.1, -0.05) is 0 Å². The molecule has 0 unspecified atom stereocenters. The summed E-state index contributed by atoms with van der Waals surface area (Å²) in [5.41, 5.74) is 0.437. The second-order valence-corrected chi connectivity index (χ2v) is 3.18. The highest BCUT2D eigenvalue weighted by atomic mass is 19.3. The summed E-state index contributed by atoms with van der Waals surface area (Å²) in [4.78, 5) is 0. The van der Waals surface area contributed by atoms with Gasteiger partial charge in [-0.3, -0.25) is 0 Å². The number of hydrogen-bond acceptors (Lipinski definition) is 3. The van der Waals surface area contributed by atoms with Gasteiger partial charge in [-0.25, -0.2) is 8.78 Å². The fraction of sp³-hybridized carbons (Fsp3) is 0.455. The zero-order valence-electron chi connectivity index (χ0n) is 9.17. The van der Waals surface area contributed by atoms with Crippen LogP contribution in [-0.4, -0.2) is 25.9 Å². The second-order valence-electron chi connectivity index (χ2n) is 3.18. The van der Waals surface area contributed by atoms with Gasteiger partial charge < -0.3 is 14.6 Å². The molecule has 3 nitrogen and oxygen atoms in total. The summed E-state index contributed by atoms with van der Waals surface area (Å²) in [5.74, 6) is 0.449. The van der Waals surface area contributed by atoms with Crippen molar-refractivity contribution in [3.63, 3.8) is 0 Å². The van der Waals surface area contributed by atoms with Gasteiger partial charge in [0.25, 0.3) is 6.43 Å². The van der Waals surface area contributed by atoms with E-state index in [-0.39, 0.29) is 17.9 Å². The summed E-state index contributed by atoms with van der Waals surface area (Å²) < 4.78 is 35.2. The van der Waals surface area contributed by atoms with E-state index in [4.69, 9.17) is 14.6 Å². The first kappa shape index (κ1) is 12.7. The lowest BCUT2D eigenvalue weighted by atomic mass is 10.1. The summed E-state index contributed by atoms with van der Waals surface area (Å²) in [6, 6.07) is 2.71. The number of methoxy groups -OCH3 is 2. The van der Waals surface area contributed by atoms with Crippen LogP contribution in [0.2, 0.25) is 0 Å². The van der Waals surface area contributed by atoms with Crippen molar-refractivity contribution >= 4 is 0 Å². The number of alkyl halides is 2. The summed E-state index contributed by atoms with van der Waals surface area (Å²) in [6.45, 7) is -0.0759. The molecule has 1 rings (SSSR count). The van der Waals surface area contributed by atoms with Crippen LogP contribution in [0.5, 0.6) is 11.5 Å². The molecule has 0 bridgehead atoms. The lowest BCUT2D eigenvalue weighted by Crippen LogP contribution is -2.00. The first-order valence-electron chi connectivity index (χ1n) is 4.77. The molecule has 0 spiro atoms. The Balaban J connectivity index is 3.22. The number of aliphatic hydroxyl groups excluding tert-OH is 1. The van der Waals surface area contributed by atoms with Crippen LogP contribution < -0.4 is 9.47 Å². The van der Waals surface area contributed by atoms with Gasteiger partial charge in [0.2, 0.25) is 0 Å². The highest BCUT2D eigenvalue weighted by molar-refractivity contribution is 5.47. The van der Waals surface area contributed by atoms with Crippen molar-refractivity contribution in [3.8, 4) is 11.5 Å². The lowest BCUT2D eigenvalue weighted by Gasteiger charge is -2.13. The molecular weight excluding hydrogens is 218 g/mol. The molecular formula is C11H14F2O3. The van der Waals surface area contributed by atoms with E-state index in [1.807, 2.05) is 0 Å². The Labute approximate surface area is 92.6 Å². The SMILES string of the molecule is COc1cc(C(F)F)c(OC)cc1CCO. The van der Waals surface area contributed by atoms with Crippen LogP contribution in [0.15, 0.2) is 12.1 Å². The average Bonchev–Trinajstić information content (AvgIpc) is 2.28. The van der Waals surface area contributed by atoms with Crippen molar-refractivity contribution < 1.29 is 23.4 Å². The van der Waals surface area contributed by atoms with E-state index >= 15 is 0 Å². The van der Waals surface area contributed by atoms with Gasteiger partial charge in [0.1, 0.15) is 11.5 Å². The van der Waals surface area contributed by atoms with Gasteiger partial charge in [-0.2, -0.15) is 0 Å². The standard InChI is InChI=1S/C11H14F2O3/c1-15-9-6-8(11(12)13)10(16-2)5-7(9)3-4-14/h5-6,11,14H,3-4H2,1-2H3. The minimum atomic E-state index is -2.62. The van der Waals surface area contributed by atoms with E-state index in [1.165, 1.54) is 26.4 Å². The van der Waals surface area contributed by atoms with Crippen molar-refractivity contribution in [1.29, 1.82) is 0 Å². The fourth-order valence-corrected chi connectivity index (χ4v) is 1.47. The smallest absolute Gasteiger partial charge is 0.267 e. The predicted molar refractivity (Wildman–Crippen MR) is 55.3 cm³/mol. The zero-order valence-corrected chi connectivity index (χ0v) is 9.17.